The second kappa shape index (κ2) is 6.83. The number of amides is 1. The summed E-state index contributed by atoms with van der Waals surface area (Å²) in [5.41, 5.74) is 5.42. The van der Waals surface area contributed by atoms with Gasteiger partial charge in [0.1, 0.15) is 0 Å². The molecular weight excluding hydrogens is 188 g/mol. The first-order chi connectivity index (χ1) is 7.29. The lowest BCUT2D eigenvalue weighted by Crippen LogP contribution is -2.43. The molecule has 0 aromatic heterocycles. The second-order valence-electron chi connectivity index (χ2n) is 4.39. The molecule has 15 heavy (non-hydrogen) atoms. The van der Waals surface area contributed by atoms with Gasteiger partial charge in [-0.3, -0.25) is 4.79 Å². The summed E-state index contributed by atoms with van der Waals surface area (Å²) in [6.07, 6.45) is 7.36. The Bertz CT molecular complexity index is 194. The van der Waals surface area contributed by atoms with Gasteiger partial charge in [-0.2, -0.15) is 0 Å². The highest BCUT2D eigenvalue weighted by Crippen LogP contribution is 2.20. The molecule has 1 unspecified atom stereocenters. The summed E-state index contributed by atoms with van der Waals surface area (Å²) >= 11 is 0. The molecule has 1 atom stereocenters. The van der Waals surface area contributed by atoms with E-state index in [1.54, 1.807) is 0 Å². The molecule has 0 spiro atoms. The van der Waals surface area contributed by atoms with E-state index in [-0.39, 0.29) is 0 Å². The fourth-order valence-corrected chi connectivity index (χ4v) is 2.32. The van der Waals surface area contributed by atoms with E-state index in [0.29, 0.717) is 24.9 Å². The van der Waals surface area contributed by atoms with Crippen LogP contribution >= 0.6 is 0 Å². The number of likely N-dealkylation sites (tertiary alicyclic amines) is 1. The first kappa shape index (κ1) is 12.5. The first-order valence-corrected chi connectivity index (χ1v) is 6.29. The molecule has 1 amide bonds. The number of carbonyl (C=O) groups is 1. The summed E-state index contributed by atoms with van der Waals surface area (Å²) in [7, 11) is 0. The second-order valence-corrected chi connectivity index (χ2v) is 4.39. The maximum atomic E-state index is 11.9. The van der Waals surface area contributed by atoms with Gasteiger partial charge < -0.3 is 10.6 Å². The van der Waals surface area contributed by atoms with Gasteiger partial charge in [0.25, 0.3) is 0 Å². The van der Waals surface area contributed by atoms with E-state index in [4.69, 9.17) is 5.73 Å². The van der Waals surface area contributed by atoms with Crippen molar-refractivity contribution in [1.29, 1.82) is 0 Å². The molecule has 0 radical (unpaired) electrons. The van der Waals surface area contributed by atoms with Crippen LogP contribution in [0.5, 0.6) is 0 Å². The smallest absolute Gasteiger partial charge is 0.222 e. The number of rotatable bonds is 5. The van der Waals surface area contributed by atoms with Crippen LogP contribution in [0.25, 0.3) is 0 Å². The van der Waals surface area contributed by atoms with Crippen molar-refractivity contribution in [3.8, 4) is 0 Å². The minimum Gasteiger partial charge on any atom is -0.340 e. The van der Waals surface area contributed by atoms with Crippen molar-refractivity contribution in [1.82, 2.24) is 4.90 Å². The van der Waals surface area contributed by atoms with Crippen LogP contribution in [0.4, 0.5) is 0 Å². The molecule has 3 nitrogen and oxygen atoms in total. The van der Waals surface area contributed by atoms with Gasteiger partial charge in [-0.15, -0.1) is 0 Å². The predicted octanol–water partition coefficient (Wildman–Crippen LogP) is 1.91. The fraction of sp³-hybridized carbons (Fsp3) is 0.917. The Morgan fingerprint density at radius 2 is 2.20 bits per heavy atom. The Labute approximate surface area is 93.0 Å². The average Bonchev–Trinajstić information content (AvgIpc) is 2.29. The molecule has 2 N–H and O–H groups in total. The predicted molar refractivity (Wildman–Crippen MR) is 62.5 cm³/mol. The SMILES string of the molecule is CCC1CCCCN1C(=O)CCCCN. The van der Waals surface area contributed by atoms with Crippen molar-refractivity contribution in [3.05, 3.63) is 0 Å². The summed E-state index contributed by atoms with van der Waals surface area (Å²) in [5, 5.41) is 0. The number of hydrogen-bond donors (Lipinski definition) is 1. The van der Waals surface area contributed by atoms with Gasteiger partial charge in [-0.25, -0.2) is 0 Å². The molecule has 0 aromatic carbocycles. The van der Waals surface area contributed by atoms with Gasteiger partial charge in [0, 0.05) is 19.0 Å². The third kappa shape index (κ3) is 3.82. The van der Waals surface area contributed by atoms with Crippen LogP contribution in [0.1, 0.15) is 51.9 Å². The van der Waals surface area contributed by atoms with E-state index in [1.807, 2.05) is 0 Å². The average molecular weight is 212 g/mol. The number of carbonyl (C=O) groups excluding carboxylic acids is 1. The lowest BCUT2D eigenvalue weighted by molar-refractivity contribution is -0.135. The zero-order valence-electron chi connectivity index (χ0n) is 9.87. The van der Waals surface area contributed by atoms with Crippen LogP contribution in [0, 0.1) is 0 Å². The monoisotopic (exact) mass is 212 g/mol. The van der Waals surface area contributed by atoms with Crippen molar-refractivity contribution >= 4 is 5.91 Å². The lowest BCUT2D eigenvalue weighted by atomic mass is 9.99. The minimum absolute atomic E-state index is 0.343. The van der Waals surface area contributed by atoms with Crippen LogP contribution in [0.3, 0.4) is 0 Å². The van der Waals surface area contributed by atoms with E-state index < -0.39 is 0 Å². The van der Waals surface area contributed by atoms with Crippen molar-refractivity contribution < 1.29 is 4.79 Å². The summed E-state index contributed by atoms with van der Waals surface area (Å²) in [6.45, 7) is 3.85. The largest absolute Gasteiger partial charge is 0.340 e. The van der Waals surface area contributed by atoms with Gasteiger partial charge in [-0.1, -0.05) is 6.92 Å². The van der Waals surface area contributed by atoms with Crippen molar-refractivity contribution in [2.75, 3.05) is 13.1 Å². The third-order valence-electron chi connectivity index (χ3n) is 3.26. The zero-order chi connectivity index (χ0) is 11.1. The number of nitrogens with zero attached hydrogens (tertiary/aromatic N) is 1. The topological polar surface area (TPSA) is 46.3 Å². The Balaban J connectivity index is 2.34. The molecule has 0 saturated carbocycles. The van der Waals surface area contributed by atoms with E-state index in [9.17, 15) is 4.79 Å². The number of unbranched alkanes of at least 4 members (excludes halogenated alkanes) is 1. The summed E-state index contributed by atoms with van der Waals surface area (Å²) in [5.74, 6) is 0.343. The standard InChI is InChI=1S/C12H24N2O/c1-2-11-7-4-6-10-14(11)12(15)8-3-5-9-13/h11H,2-10,13H2,1H3. The van der Waals surface area contributed by atoms with Crippen LogP contribution < -0.4 is 5.73 Å². The first-order valence-electron chi connectivity index (χ1n) is 6.29. The van der Waals surface area contributed by atoms with Gasteiger partial charge in [0.15, 0.2) is 0 Å². The number of piperidine rings is 1. The maximum Gasteiger partial charge on any atom is 0.222 e. The molecule has 0 aromatic rings. The van der Waals surface area contributed by atoms with E-state index in [0.717, 1.165) is 25.8 Å². The van der Waals surface area contributed by atoms with Crippen molar-refractivity contribution in [2.24, 2.45) is 5.73 Å². The molecule has 88 valence electrons. The Hall–Kier alpha value is -0.570. The fourth-order valence-electron chi connectivity index (χ4n) is 2.32. The quantitative estimate of drug-likeness (QED) is 0.708. The number of hydrogen-bond acceptors (Lipinski definition) is 2. The number of nitrogens with two attached hydrogens (primary N) is 1. The molecule has 1 rings (SSSR count). The Kier molecular flexibility index (Phi) is 5.69. The van der Waals surface area contributed by atoms with Crippen LogP contribution in [0.2, 0.25) is 0 Å². The summed E-state index contributed by atoms with van der Waals surface area (Å²) < 4.78 is 0. The molecule has 1 aliphatic heterocycles. The molecule has 3 heteroatoms. The van der Waals surface area contributed by atoms with Crippen LogP contribution in [-0.2, 0) is 4.79 Å². The molecule has 0 aliphatic carbocycles. The molecule has 1 heterocycles. The highest BCUT2D eigenvalue weighted by molar-refractivity contribution is 5.76. The third-order valence-corrected chi connectivity index (χ3v) is 3.26. The summed E-state index contributed by atoms with van der Waals surface area (Å²) in [4.78, 5) is 14.0. The van der Waals surface area contributed by atoms with Gasteiger partial charge in [-0.05, 0) is 45.1 Å². The normalized spacial score (nSPS) is 21.7. The highest BCUT2D eigenvalue weighted by Gasteiger charge is 2.24. The summed E-state index contributed by atoms with van der Waals surface area (Å²) in [6, 6.07) is 0.504. The van der Waals surface area contributed by atoms with Crippen molar-refractivity contribution in [2.45, 2.75) is 57.9 Å². The minimum atomic E-state index is 0.343. The molecule has 1 saturated heterocycles. The van der Waals surface area contributed by atoms with Gasteiger partial charge in [0.2, 0.25) is 5.91 Å². The van der Waals surface area contributed by atoms with E-state index in [2.05, 4.69) is 11.8 Å². The Morgan fingerprint density at radius 1 is 1.40 bits per heavy atom. The van der Waals surface area contributed by atoms with Crippen LogP contribution in [-0.4, -0.2) is 29.9 Å². The molecule has 1 aliphatic rings. The lowest BCUT2D eigenvalue weighted by Gasteiger charge is -2.35. The van der Waals surface area contributed by atoms with Gasteiger partial charge in [0.05, 0.1) is 0 Å². The maximum absolute atomic E-state index is 11.9. The Morgan fingerprint density at radius 3 is 2.87 bits per heavy atom. The van der Waals surface area contributed by atoms with Gasteiger partial charge >= 0.3 is 0 Å². The highest BCUT2D eigenvalue weighted by atomic mass is 16.2. The zero-order valence-corrected chi connectivity index (χ0v) is 9.87. The van der Waals surface area contributed by atoms with E-state index >= 15 is 0 Å². The van der Waals surface area contributed by atoms with Crippen LogP contribution in [0.15, 0.2) is 0 Å². The van der Waals surface area contributed by atoms with Crippen molar-refractivity contribution in [3.63, 3.8) is 0 Å². The molecule has 0 bridgehead atoms. The van der Waals surface area contributed by atoms with E-state index in [1.165, 1.54) is 19.3 Å². The molecule has 1 fully saturated rings. The molecular formula is C12H24N2O.